The normalized spacial score (nSPS) is 19.5. The van der Waals surface area contributed by atoms with Crippen LogP contribution in [-0.4, -0.2) is 38.5 Å². The van der Waals surface area contributed by atoms with E-state index in [1.54, 1.807) is 13.2 Å². The fourth-order valence-electron chi connectivity index (χ4n) is 2.86. The second-order valence-electron chi connectivity index (χ2n) is 6.18. The molecule has 1 aromatic rings. The minimum Gasteiger partial charge on any atom is -0.381 e. The Morgan fingerprint density at radius 2 is 2.00 bits per heavy atom. The zero-order chi connectivity index (χ0) is 16.9. The molecule has 0 radical (unpaired) electrons. The van der Waals surface area contributed by atoms with Crippen LogP contribution in [0.5, 0.6) is 0 Å². The van der Waals surface area contributed by atoms with E-state index in [0.29, 0.717) is 31.7 Å². The quantitative estimate of drug-likeness (QED) is 0.866. The van der Waals surface area contributed by atoms with Gasteiger partial charge in [0.05, 0.1) is 11.2 Å². The first kappa shape index (κ1) is 18.2. The van der Waals surface area contributed by atoms with Gasteiger partial charge in [-0.15, -0.1) is 0 Å². The molecule has 1 aromatic carbocycles. The van der Waals surface area contributed by atoms with Crippen molar-refractivity contribution < 1.29 is 22.6 Å². The summed E-state index contributed by atoms with van der Waals surface area (Å²) in [5.74, 6) is 0. The summed E-state index contributed by atoms with van der Waals surface area (Å²) < 4.78 is 49.3. The minimum atomic E-state index is -4.30. The Labute approximate surface area is 135 Å². The number of ether oxygens (including phenoxy) is 2. The van der Waals surface area contributed by atoms with Gasteiger partial charge >= 0.3 is 6.18 Å². The van der Waals surface area contributed by atoms with Crippen LogP contribution in [0.3, 0.4) is 0 Å². The molecule has 0 saturated carbocycles. The highest BCUT2D eigenvalue weighted by atomic mass is 19.4. The third kappa shape index (κ3) is 5.19. The second kappa shape index (κ2) is 7.64. The maximum absolute atomic E-state index is 12.7. The lowest BCUT2D eigenvalue weighted by Gasteiger charge is -2.37. The van der Waals surface area contributed by atoms with Crippen molar-refractivity contribution in [3.63, 3.8) is 0 Å². The van der Waals surface area contributed by atoms with E-state index in [4.69, 9.17) is 9.47 Å². The molecule has 0 spiro atoms. The Bertz CT molecular complexity index is 499. The van der Waals surface area contributed by atoms with E-state index >= 15 is 0 Å². The molecule has 3 nitrogen and oxygen atoms in total. The maximum Gasteiger partial charge on any atom is 0.416 e. The SMILES string of the molecule is COC1(CNC(C)Cc2cccc(C(F)(F)F)c2)CCOCC1. The number of alkyl halides is 3. The summed E-state index contributed by atoms with van der Waals surface area (Å²) in [6.45, 7) is 4.00. The van der Waals surface area contributed by atoms with Crippen molar-refractivity contribution in [2.75, 3.05) is 26.9 Å². The molecule has 1 saturated heterocycles. The first-order chi connectivity index (χ1) is 10.8. The first-order valence-corrected chi connectivity index (χ1v) is 7.87. The van der Waals surface area contributed by atoms with E-state index in [9.17, 15) is 13.2 Å². The van der Waals surface area contributed by atoms with E-state index in [0.717, 1.165) is 18.9 Å². The molecule has 1 atom stereocenters. The van der Waals surface area contributed by atoms with Crippen LogP contribution < -0.4 is 5.32 Å². The molecule has 1 fully saturated rings. The van der Waals surface area contributed by atoms with Crippen LogP contribution in [0.4, 0.5) is 13.2 Å². The van der Waals surface area contributed by atoms with Crippen molar-refractivity contribution in [2.45, 2.75) is 44.0 Å². The molecule has 1 aliphatic heterocycles. The van der Waals surface area contributed by atoms with Crippen LogP contribution in [0.1, 0.15) is 30.9 Å². The summed E-state index contributed by atoms with van der Waals surface area (Å²) in [5.41, 5.74) is -0.154. The van der Waals surface area contributed by atoms with Crippen LogP contribution in [0.15, 0.2) is 24.3 Å². The molecule has 0 bridgehead atoms. The summed E-state index contributed by atoms with van der Waals surface area (Å²) in [6.07, 6.45) is -2.10. The zero-order valence-corrected chi connectivity index (χ0v) is 13.6. The Balaban J connectivity index is 1.90. The van der Waals surface area contributed by atoms with Crippen molar-refractivity contribution >= 4 is 0 Å². The molecule has 130 valence electrons. The number of benzene rings is 1. The van der Waals surface area contributed by atoms with E-state index < -0.39 is 11.7 Å². The van der Waals surface area contributed by atoms with Gasteiger partial charge in [-0.1, -0.05) is 18.2 Å². The highest BCUT2D eigenvalue weighted by Gasteiger charge is 2.33. The number of methoxy groups -OCH3 is 1. The summed E-state index contributed by atoms with van der Waals surface area (Å²) in [4.78, 5) is 0. The third-order valence-electron chi connectivity index (χ3n) is 4.41. The van der Waals surface area contributed by atoms with Gasteiger partial charge in [0.15, 0.2) is 0 Å². The molecule has 0 amide bonds. The molecule has 1 heterocycles. The molecule has 2 rings (SSSR count). The van der Waals surface area contributed by atoms with Gasteiger partial charge in [-0.25, -0.2) is 0 Å². The van der Waals surface area contributed by atoms with Gasteiger partial charge in [0.25, 0.3) is 0 Å². The lowest BCUT2D eigenvalue weighted by Crippen LogP contribution is -2.49. The van der Waals surface area contributed by atoms with E-state index in [1.165, 1.54) is 12.1 Å². The van der Waals surface area contributed by atoms with E-state index in [2.05, 4.69) is 5.32 Å². The summed E-state index contributed by atoms with van der Waals surface area (Å²) >= 11 is 0. The van der Waals surface area contributed by atoms with Crippen LogP contribution in [-0.2, 0) is 22.1 Å². The predicted molar refractivity (Wildman–Crippen MR) is 82.4 cm³/mol. The Hall–Kier alpha value is -1.11. The number of nitrogens with one attached hydrogen (secondary N) is 1. The smallest absolute Gasteiger partial charge is 0.381 e. The molecule has 0 aliphatic carbocycles. The van der Waals surface area contributed by atoms with Crippen molar-refractivity contribution in [1.29, 1.82) is 0 Å². The number of hydrogen-bond donors (Lipinski definition) is 1. The molecular formula is C17H24F3NO2. The Kier molecular flexibility index (Phi) is 6.06. The van der Waals surface area contributed by atoms with Crippen LogP contribution in [0.2, 0.25) is 0 Å². The van der Waals surface area contributed by atoms with Gasteiger partial charge in [-0.05, 0) is 25.0 Å². The summed E-state index contributed by atoms with van der Waals surface area (Å²) in [5, 5.41) is 3.39. The molecule has 0 aromatic heterocycles. The second-order valence-corrected chi connectivity index (χ2v) is 6.18. The van der Waals surface area contributed by atoms with Crippen molar-refractivity contribution in [2.24, 2.45) is 0 Å². The van der Waals surface area contributed by atoms with Crippen molar-refractivity contribution in [1.82, 2.24) is 5.32 Å². The van der Waals surface area contributed by atoms with Gasteiger partial charge in [0.2, 0.25) is 0 Å². The highest BCUT2D eigenvalue weighted by molar-refractivity contribution is 5.26. The first-order valence-electron chi connectivity index (χ1n) is 7.87. The topological polar surface area (TPSA) is 30.5 Å². The lowest BCUT2D eigenvalue weighted by atomic mass is 9.93. The van der Waals surface area contributed by atoms with Gasteiger partial charge in [0, 0.05) is 45.8 Å². The number of halogens is 3. The Morgan fingerprint density at radius 1 is 1.30 bits per heavy atom. The van der Waals surface area contributed by atoms with Crippen molar-refractivity contribution in [3.05, 3.63) is 35.4 Å². The fraction of sp³-hybridized carbons (Fsp3) is 0.647. The van der Waals surface area contributed by atoms with Gasteiger partial charge < -0.3 is 14.8 Å². The average molecular weight is 331 g/mol. The zero-order valence-electron chi connectivity index (χ0n) is 13.6. The minimum absolute atomic E-state index is 0.0633. The molecule has 23 heavy (non-hydrogen) atoms. The van der Waals surface area contributed by atoms with Crippen LogP contribution >= 0.6 is 0 Å². The third-order valence-corrected chi connectivity index (χ3v) is 4.41. The largest absolute Gasteiger partial charge is 0.416 e. The molecule has 1 unspecified atom stereocenters. The van der Waals surface area contributed by atoms with Gasteiger partial charge in [-0.2, -0.15) is 13.2 Å². The highest BCUT2D eigenvalue weighted by Crippen LogP contribution is 2.30. The lowest BCUT2D eigenvalue weighted by molar-refractivity contribution is -0.137. The fourth-order valence-corrected chi connectivity index (χ4v) is 2.86. The molecule has 6 heteroatoms. The molecular weight excluding hydrogens is 307 g/mol. The number of rotatable bonds is 6. The van der Waals surface area contributed by atoms with Crippen LogP contribution in [0.25, 0.3) is 0 Å². The van der Waals surface area contributed by atoms with Gasteiger partial charge in [-0.3, -0.25) is 0 Å². The van der Waals surface area contributed by atoms with Gasteiger partial charge in [0.1, 0.15) is 0 Å². The maximum atomic E-state index is 12.7. The predicted octanol–water partition coefficient (Wildman–Crippen LogP) is 3.42. The van der Waals surface area contributed by atoms with E-state index in [-0.39, 0.29) is 11.6 Å². The summed E-state index contributed by atoms with van der Waals surface area (Å²) in [6, 6.07) is 5.57. The average Bonchev–Trinajstić information content (AvgIpc) is 2.53. The van der Waals surface area contributed by atoms with E-state index in [1.807, 2.05) is 6.92 Å². The number of hydrogen-bond acceptors (Lipinski definition) is 3. The van der Waals surface area contributed by atoms with Crippen LogP contribution in [0, 0.1) is 0 Å². The Morgan fingerprint density at radius 3 is 2.61 bits per heavy atom. The summed E-state index contributed by atoms with van der Waals surface area (Å²) in [7, 11) is 1.70. The molecule has 1 aliphatic rings. The molecule has 1 N–H and O–H groups in total. The van der Waals surface area contributed by atoms with Crippen molar-refractivity contribution in [3.8, 4) is 0 Å². The standard InChI is InChI=1S/C17H24F3NO2/c1-13(21-12-16(22-2)6-8-23-9-7-16)10-14-4-3-5-15(11-14)17(18,19)20/h3-5,11,13,21H,6-10,12H2,1-2H3. The monoisotopic (exact) mass is 331 g/mol.